The molecule has 0 aliphatic rings. The summed E-state index contributed by atoms with van der Waals surface area (Å²) in [7, 11) is 2.22. The van der Waals surface area contributed by atoms with Crippen molar-refractivity contribution in [1.82, 2.24) is 0 Å². The zero-order valence-electron chi connectivity index (χ0n) is 8.46. The Morgan fingerprint density at radius 2 is 1.38 bits per heavy atom. The quantitative estimate of drug-likeness (QED) is 0.842. The van der Waals surface area contributed by atoms with E-state index in [-0.39, 0.29) is 5.75 Å². The van der Waals surface area contributed by atoms with E-state index in [1.165, 1.54) is 0 Å². The fourth-order valence-electron chi connectivity index (χ4n) is 1.24. The molecule has 2 rings (SSSR count). The van der Waals surface area contributed by atoms with Crippen LogP contribution in [0.4, 0.5) is 0 Å². The molecule has 0 spiro atoms. The van der Waals surface area contributed by atoms with Crippen LogP contribution in [0.2, 0.25) is 0 Å². The average molecular weight is 250 g/mol. The van der Waals surface area contributed by atoms with E-state index in [9.17, 15) is 0 Å². The summed E-state index contributed by atoms with van der Waals surface area (Å²) in [6.45, 7) is 0. The Bertz CT molecular complexity index is 453. The van der Waals surface area contributed by atoms with Gasteiger partial charge in [-0.25, -0.2) is 0 Å². The van der Waals surface area contributed by atoms with E-state index in [0.29, 0.717) is 0 Å². The Hall–Kier alpha value is -1.18. The third kappa shape index (κ3) is 2.91. The maximum atomic E-state index is 9.16. The third-order valence-corrected chi connectivity index (χ3v) is 3.32. The number of benzene rings is 2. The van der Waals surface area contributed by atoms with Crippen molar-refractivity contribution in [2.45, 2.75) is 9.79 Å². The number of phenols is 1. The SMILES string of the molecule is Oc1ccc(Sc2ccc(OP)cc2)cc1. The lowest BCUT2D eigenvalue weighted by atomic mass is 10.3. The number of phenolic OH excluding ortho intramolecular Hbond substituents is 1. The lowest BCUT2D eigenvalue weighted by molar-refractivity contribution is 0.475. The summed E-state index contributed by atoms with van der Waals surface area (Å²) in [4.78, 5) is 2.23. The van der Waals surface area contributed by atoms with Crippen LogP contribution in [-0.2, 0) is 0 Å². The number of aromatic hydroxyl groups is 1. The average Bonchev–Trinajstić information content (AvgIpc) is 2.33. The molecule has 0 aliphatic heterocycles. The Kier molecular flexibility index (Phi) is 3.70. The summed E-state index contributed by atoms with van der Waals surface area (Å²) in [5.74, 6) is 1.11. The van der Waals surface area contributed by atoms with Gasteiger partial charge in [-0.1, -0.05) is 11.8 Å². The lowest BCUT2D eigenvalue weighted by Crippen LogP contribution is -1.75. The molecular formula is C12H11O2PS. The molecule has 0 aliphatic carbocycles. The molecule has 2 aromatic carbocycles. The molecule has 0 bridgehead atoms. The second-order valence-corrected chi connectivity index (χ2v) is 4.57. The maximum Gasteiger partial charge on any atom is 0.122 e. The van der Waals surface area contributed by atoms with Crippen LogP contribution < -0.4 is 4.52 Å². The topological polar surface area (TPSA) is 29.5 Å². The summed E-state index contributed by atoms with van der Waals surface area (Å²) in [5, 5.41) is 9.16. The lowest BCUT2D eigenvalue weighted by Gasteiger charge is -2.03. The van der Waals surface area contributed by atoms with Gasteiger partial charge in [-0.3, -0.25) is 0 Å². The van der Waals surface area contributed by atoms with Crippen molar-refractivity contribution >= 4 is 21.2 Å². The predicted octanol–water partition coefficient (Wildman–Crippen LogP) is 3.71. The molecule has 0 saturated heterocycles. The van der Waals surface area contributed by atoms with Crippen molar-refractivity contribution in [3.8, 4) is 11.5 Å². The van der Waals surface area contributed by atoms with Gasteiger partial charge in [0.05, 0.1) is 9.47 Å². The molecular weight excluding hydrogens is 239 g/mol. The van der Waals surface area contributed by atoms with Crippen molar-refractivity contribution in [2.75, 3.05) is 0 Å². The fraction of sp³-hybridized carbons (Fsp3) is 0. The first-order valence-corrected chi connectivity index (χ1v) is 6.00. The van der Waals surface area contributed by atoms with Crippen molar-refractivity contribution < 1.29 is 9.63 Å². The number of hydrogen-bond donors (Lipinski definition) is 1. The van der Waals surface area contributed by atoms with Gasteiger partial charge in [0.1, 0.15) is 11.5 Å². The van der Waals surface area contributed by atoms with Gasteiger partial charge < -0.3 is 9.63 Å². The Morgan fingerprint density at radius 3 is 1.88 bits per heavy atom. The van der Waals surface area contributed by atoms with Gasteiger partial charge in [0.25, 0.3) is 0 Å². The van der Waals surface area contributed by atoms with Crippen molar-refractivity contribution in [1.29, 1.82) is 0 Å². The minimum atomic E-state index is 0.288. The van der Waals surface area contributed by atoms with Gasteiger partial charge in [-0.05, 0) is 48.5 Å². The highest BCUT2D eigenvalue weighted by Crippen LogP contribution is 2.30. The Balaban J connectivity index is 2.11. The normalized spacial score (nSPS) is 10.1. The third-order valence-electron chi connectivity index (χ3n) is 2.03. The summed E-state index contributed by atoms with van der Waals surface area (Å²) >= 11 is 1.64. The molecule has 4 heteroatoms. The molecule has 0 fully saturated rings. The molecule has 82 valence electrons. The van der Waals surface area contributed by atoms with Gasteiger partial charge >= 0.3 is 0 Å². The highest BCUT2D eigenvalue weighted by molar-refractivity contribution is 7.99. The van der Waals surface area contributed by atoms with Gasteiger partial charge in [-0.15, -0.1) is 0 Å². The molecule has 1 atom stereocenters. The molecule has 16 heavy (non-hydrogen) atoms. The van der Waals surface area contributed by atoms with E-state index in [0.717, 1.165) is 15.5 Å². The molecule has 2 aromatic rings. The monoisotopic (exact) mass is 250 g/mol. The van der Waals surface area contributed by atoms with Crippen molar-refractivity contribution in [3.63, 3.8) is 0 Å². The van der Waals surface area contributed by atoms with Crippen LogP contribution in [0.5, 0.6) is 11.5 Å². The minimum Gasteiger partial charge on any atom is -0.508 e. The standard InChI is InChI=1S/C12H11O2PS/c13-9-1-5-11(6-2-9)16-12-7-3-10(14-15)4-8-12/h1-8,13H,15H2. The van der Waals surface area contributed by atoms with E-state index in [2.05, 4.69) is 9.47 Å². The second-order valence-electron chi connectivity index (χ2n) is 3.19. The van der Waals surface area contributed by atoms with Crippen LogP contribution in [0.3, 0.4) is 0 Å². The van der Waals surface area contributed by atoms with Crippen molar-refractivity contribution in [3.05, 3.63) is 48.5 Å². The van der Waals surface area contributed by atoms with Crippen LogP contribution in [-0.4, -0.2) is 5.11 Å². The van der Waals surface area contributed by atoms with Crippen LogP contribution in [0.1, 0.15) is 0 Å². The van der Waals surface area contributed by atoms with Crippen LogP contribution in [0, 0.1) is 0 Å². The highest BCUT2D eigenvalue weighted by Gasteiger charge is 1.98. The zero-order chi connectivity index (χ0) is 11.4. The second kappa shape index (κ2) is 5.24. The molecule has 0 heterocycles. The largest absolute Gasteiger partial charge is 0.508 e. The van der Waals surface area contributed by atoms with E-state index in [1.54, 1.807) is 23.9 Å². The smallest absolute Gasteiger partial charge is 0.122 e. The van der Waals surface area contributed by atoms with Crippen LogP contribution >= 0.6 is 21.2 Å². The Morgan fingerprint density at radius 1 is 0.875 bits per heavy atom. The zero-order valence-corrected chi connectivity index (χ0v) is 10.4. The van der Waals surface area contributed by atoms with E-state index in [1.807, 2.05) is 36.4 Å². The highest BCUT2D eigenvalue weighted by atomic mass is 32.2. The molecule has 1 unspecified atom stereocenters. The molecule has 0 aromatic heterocycles. The van der Waals surface area contributed by atoms with Crippen molar-refractivity contribution in [2.24, 2.45) is 0 Å². The minimum absolute atomic E-state index is 0.288. The van der Waals surface area contributed by atoms with Gasteiger partial charge in [0.15, 0.2) is 0 Å². The molecule has 2 nitrogen and oxygen atoms in total. The van der Waals surface area contributed by atoms with Crippen LogP contribution in [0.25, 0.3) is 0 Å². The molecule has 0 radical (unpaired) electrons. The van der Waals surface area contributed by atoms with Gasteiger partial charge in [0.2, 0.25) is 0 Å². The Labute approximate surface area is 101 Å². The summed E-state index contributed by atoms with van der Waals surface area (Å²) < 4.78 is 5.01. The summed E-state index contributed by atoms with van der Waals surface area (Å²) in [5.41, 5.74) is 0. The van der Waals surface area contributed by atoms with Gasteiger partial charge in [-0.2, -0.15) is 0 Å². The van der Waals surface area contributed by atoms with E-state index in [4.69, 9.17) is 9.63 Å². The number of hydrogen-bond acceptors (Lipinski definition) is 3. The van der Waals surface area contributed by atoms with E-state index >= 15 is 0 Å². The predicted molar refractivity (Wildman–Crippen MR) is 69.0 cm³/mol. The maximum absolute atomic E-state index is 9.16. The molecule has 1 N–H and O–H groups in total. The number of rotatable bonds is 3. The summed E-state index contributed by atoms with van der Waals surface area (Å²) in [6, 6.07) is 15.0. The van der Waals surface area contributed by atoms with Gasteiger partial charge in [0, 0.05) is 9.79 Å². The van der Waals surface area contributed by atoms with E-state index < -0.39 is 0 Å². The fourth-order valence-corrected chi connectivity index (χ4v) is 2.21. The first kappa shape index (κ1) is 11.3. The first-order valence-electron chi connectivity index (χ1n) is 4.71. The summed E-state index contributed by atoms with van der Waals surface area (Å²) in [6.07, 6.45) is 0. The molecule has 0 saturated carbocycles. The first-order chi connectivity index (χ1) is 7.78. The molecule has 0 amide bonds. The van der Waals surface area contributed by atoms with Crippen LogP contribution in [0.15, 0.2) is 58.3 Å².